The summed E-state index contributed by atoms with van der Waals surface area (Å²) in [5.74, 6) is -5.66. The molecule has 1 N–H and O–H groups in total. The molecular formula is C17H22F4N4O3. The maximum Gasteiger partial charge on any atom is 0.288 e. The van der Waals surface area contributed by atoms with E-state index in [4.69, 9.17) is 14.6 Å². The molecular weight excluding hydrogens is 384 g/mol. The summed E-state index contributed by atoms with van der Waals surface area (Å²) in [6.07, 6.45) is 0.585. The predicted octanol–water partition coefficient (Wildman–Crippen LogP) is 3.25. The Hall–Kier alpha value is -2.56. The van der Waals surface area contributed by atoms with Crippen molar-refractivity contribution < 1.29 is 32.1 Å². The second-order valence-electron chi connectivity index (χ2n) is 5.82. The lowest BCUT2D eigenvalue weighted by atomic mass is 10.1. The van der Waals surface area contributed by atoms with E-state index in [1.165, 1.54) is 20.3 Å². The summed E-state index contributed by atoms with van der Waals surface area (Å²) in [7, 11) is 2.76. The van der Waals surface area contributed by atoms with Gasteiger partial charge >= 0.3 is 0 Å². The number of hydrogen-bond donors (Lipinski definition) is 1. The monoisotopic (exact) mass is 406 g/mol. The van der Waals surface area contributed by atoms with Gasteiger partial charge in [-0.15, -0.1) is 20.4 Å². The highest BCUT2D eigenvalue weighted by Crippen LogP contribution is 2.28. The molecule has 0 amide bonds. The van der Waals surface area contributed by atoms with Crippen molar-refractivity contribution in [2.45, 2.75) is 45.6 Å². The van der Waals surface area contributed by atoms with E-state index in [1.54, 1.807) is 0 Å². The van der Waals surface area contributed by atoms with Crippen molar-refractivity contribution in [3.8, 4) is 11.8 Å². The average molecular weight is 406 g/mol. The molecule has 0 saturated carbocycles. The second-order valence-corrected chi connectivity index (χ2v) is 5.82. The van der Waals surface area contributed by atoms with Crippen molar-refractivity contribution in [3.63, 3.8) is 0 Å². The van der Waals surface area contributed by atoms with Crippen molar-refractivity contribution in [3.05, 3.63) is 34.6 Å². The summed E-state index contributed by atoms with van der Waals surface area (Å²) in [5, 5.41) is 22.5. The van der Waals surface area contributed by atoms with E-state index in [0.29, 0.717) is 24.8 Å². The zero-order valence-electron chi connectivity index (χ0n) is 16.1. The van der Waals surface area contributed by atoms with Crippen LogP contribution in [0.5, 0.6) is 11.8 Å². The molecule has 2 aromatic heterocycles. The number of aliphatic hydroxyl groups excluding tert-OH is 1. The van der Waals surface area contributed by atoms with Crippen molar-refractivity contribution in [1.82, 2.24) is 20.4 Å². The minimum absolute atomic E-state index is 0.0560. The van der Waals surface area contributed by atoms with Crippen LogP contribution in [0.25, 0.3) is 0 Å². The Kier molecular flexibility index (Phi) is 8.03. The molecule has 0 radical (unpaired) electrons. The SMILES string of the molecule is CCc1cc(C(C)(F)F)nnc1OC.COc1nnc(C(C)(F)F)cc1CO. The number of halogens is 4. The molecule has 0 unspecified atom stereocenters. The molecule has 0 saturated heterocycles. The Morgan fingerprint density at radius 3 is 1.54 bits per heavy atom. The fourth-order valence-electron chi connectivity index (χ4n) is 1.98. The van der Waals surface area contributed by atoms with Crippen LogP contribution in [0.3, 0.4) is 0 Å². The number of alkyl halides is 4. The normalized spacial score (nSPS) is 11.5. The van der Waals surface area contributed by atoms with Crippen molar-refractivity contribution in [1.29, 1.82) is 0 Å². The van der Waals surface area contributed by atoms with Crippen LogP contribution in [-0.2, 0) is 24.9 Å². The van der Waals surface area contributed by atoms with Gasteiger partial charge in [0, 0.05) is 25.0 Å². The topological polar surface area (TPSA) is 90.3 Å². The number of rotatable bonds is 6. The summed E-state index contributed by atoms with van der Waals surface area (Å²) < 4.78 is 60.9. The zero-order valence-corrected chi connectivity index (χ0v) is 16.1. The van der Waals surface area contributed by atoms with Crippen LogP contribution in [0.15, 0.2) is 12.1 Å². The molecule has 28 heavy (non-hydrogen) atoms. The van der Waals surface area contributed by atoms with Gasteiger partial charge in [-0.1, -0.05) is 6.92 Å². The second kappa shape index (κ2) is 9.58. The number of aromatic nitrogens is 4. The van der Waals surface area contributed by atoms with Crippen molar-refractivity contribution in [2.75, 3.05) is 14.2 Å². The molecule has 0 atom stereocenters. The van der Waals surface area contributed by atoms with Crippen molar-refractivity contribution in [2.24, 2.45) is 0 Å². The first-order chi connectivity index (χ1) is 13.0. The van der Waals surface area contributed by atoms with Crippen LogP contribution in [0.4, 0.5) is 17.6 Å². The third kappa shape index (κ3) is 6.25. The summed E-state index contributed by atoms with van der Waals surface area (Å²) in [6, 6.07) is 2.40. The van der Waals surface area contributed by atoms with Gasteiger partial charge in [0.1, 0.15) is 11.4 Å². The van der Waals surface area contributed by atoms with Crippen LogP contribution < -0.4 is 9.47 Å². The number of aliphatic hydroxyl groups is 1. The number of nitrogens with zero attached hydrogens (tertiary/aromatic N) is 4. The van der Waals surface area contributed by atoms with Crippen molar-refractivity contribution >= 4 is 0 Å². The average Bonchev–Trinajstić information content (AvgIpc) is 2.65. The highest BCUT2D eigenvalue weighted by molar-refractivity contribution is 5.28. The Morgan fingerprint density at radius 2 is 1.21 bits per heavy atom. The van der Waals surface area contributed by atoms with E-state index in [9.17, 15) is 17.6 Å². The fourth-order valence-corrected chi connectivity index (χ4v) is 1.98. The summed E-state index contributed by atoms with van der Waals surface area (Å²) in [4.78, 5) is 0. The van der Waals surface area contributed by atoms with E-state index >= 15 is 0 Å². The van der Waals surface area contributed by atoms with Crippen LogP contribution in [0.1, 0.15) is 43.3 Å². The van der Waals surface area contributed by atoms with Gasteiger partial charge in [0.25, 0.3) is 11.8 Å². The maximum atomic E-state index is 12.9. The van der Waals surface area contributed by atoms with E-state index in [1.807, 2.05) is 6.92 Å². The molecule has 0 aliphatic carbocycles. The quantitative estimate of drug-likeness (QED) is 0.737. The molecule has 156 valence electrons. The van der Waals surface area contributed by atoms with Gasteiger partial charge in [-0.3, -0.25) is 0 Å². The molecule has 0 fully saturated rings. The number of aryl methyl sites for hydroxylation is 1. The van der Waals surface area contributed by atoms with Gasteiger partial charge in [-0.2, -0.15) is 17.6 Å². The van der Waals surface area contributed by atoms with Gasteiger partial charge in [-0.05, 0) is 18.6 Å². The third-order valence-corrected chi connectivity index (χ3v) is 3.51. The molecule has 2 aromatic rings. The smallest absolute Gasteiger partial charge is 0.288 e. The summed E-state index contributed by atoms with van der Waals surface area (Å²) in [5.41, 5.74) is 0.0237. The summed E-state index contributed by atoms with van der Waals surface area (Å²) in [6.45, 7) is 2.94. The van der Waals surface area contributed by atoms with Crippen LogP contribution in [-0.4, -0.2) is 39.7 Å². The lowest BCUT2D eigenvalue weighted by Crippen LogP contribution is -2.12. The molecule has 0 aromatic carbocycles. The molecule has 7 nitrogen and oxygen atoms in total. The van der Waals surface area contributed by atoms with Crippen LogP contribution in [0, 0.1) is 0 Å². The minimum atomic E-state index is -3.07. The minimum Gasteiger partial charge on any atom is -0.480 e. The largest absolute Gasteiger partial charge is 0.480 e. The Balaban J connectivity index is 0.000000280. The van der Waals surface area contributed by atoms with E-state index in [-0.39, 0.29) is 17.1 Å². The molecule has 0 aliphatic rings. The van der Waals surface area contributed by atoms with Gasteiger partial charge < -0.3 is 14.6 Å². The van der Waals surface area contributed by atoms with Crippen LogP contribution >= 0.6 is 0 Å². The van der Waals surface area contributed by atoms with E-state index in [2.05, 4.69) is 20.4 Å². The maximum absolute atomic E-state index is 12.9. The van der Waals surface area contributed by atoms with E-state index < -0.39 is 24.1 Å². The summed E-state index contributed by atoms with van der Waals surface area (Å²) >= 11 is 0. The number of ether oxygens (including phenoxy) is 2. The lowest BCUT2D eigenvalue weighted by molar-refractivity contribution is 0.0108. The first-order valence-corrected chi connectivity index (χ1v) is 8.16. The third-order valence-electron chi connectivity index (χ3n) is 3.51. The molecule has 0 spiro atoms. The standard InChI is InChI=1S/C9H12F2N2O.C8H10F2N2O2/c1-4-6-5-7(9(2,10)11)12-13-8(6)14-3;1-8(9,10)6-3-5(4-13)7(14-2)12-11-6/h5H,4H2,1-3H3;3,13H,4H2,1-2H3. The van der Waals surface area contributed by atoms with Crippen LogP contribution in [0.2, 0.25) is 0 Å². The Bertz CT molecular complexity index is 714. The molecule has 2 heterocycles. The van der Waals surface area contributed by atoms with Gasteiger partial charge in [-0.25, -0.2) is 0 Å². The molecule has 2 rings (SSSR count). The van der Waals surface area contributed by atoms with Gasteiger partial charge in [0.15, 0.2) is 0 Å². The number of methoxy groups -OCH3 is 2. The molecule has 11 heteroatoms. The predicted molar refractivity (Wildman–Crippen MR) is 91.6 cm³/mol. The zero-order chi connectivity index (χ0) is 21.5. The lowest BCUT2D eigenvalue weighted by Gasteiger charge is -2.11. The molecule has 0 aliphatic heterocycles. The Morgan fingerprint density at radius 1 is 0.821 bits per heavy atom. The van der Waals surface area contributed by atoms with E-state index in [0.717, 1.165) is 13.0 Å². The first-order valence-electron chi connectivity index (χ1n) is 8.16. The van der Waals surface area contributed by atoms with Gasteiger partial charge in [0.05, 0.1) is 20.8 Å². The molecule has 0 bridgehead atoms. The highest BCUT2D eigenvalue weighted by atomic mass is 19.3. The Labute approximate surface area is 159 Å². The fraction of sp³-hybridized carbons (Fsp3) is 0.529. The number of hydrogen-bond acceptors (Lipinski definition) is 7. The van der Waals surface area contributed by atoms with Gasteiger partial charge in [0.2, 0.25) is 11.8 Å². The first kappa shape index (κ1) is 23.5. The highest BCUT2D eigenvalue weighted by Gasteiger charge is 2.28.